The molecule has 0 radical (unpaired) electrons. The Morgan fingerprint density at radius 3 is 1.74 bits per heavy atom. The van der Waals surface area contributed by atoms with Crippen LogP contribution in [0.15, 0.2) is 65.4 Å². The van der Waals surface area contributed by atoms with Crippen molar-refractivity contribution in [3.8, 4) is 0 Å². The smallest absolute Gasteiger partial charge is 0.432 e. The Kier molecular flexibility index (Phi) is 5.72. The molecule has 2 aromatic carbocycles. The maximum absolute atomic E-state index is 12.0. The van der Waals surface area contributed by atoms with Crippen LogP contribution in [0.3, 0.4) is 0 Å². The molecular weight excluding hydrogens is 313 g/mol. The van der Waals surface area contributed by atoms with Crippen LogP contribution < -0.4 is 10.6 Å². The van der Waals surface area contributed by atoms with E-state index in [4.69, 9.17) is 9.47 Å². The number of rotatable bonds is 4. The van der Waals surface area contributed by atoms with Gasteiger partial charge in [0.05, 0.1) is 27.4 Å². The first-order valence-corrected chi connectivity index (χ1v) is 8.92. The Bertz CT molecular complexity index is 685. The van der Waals surface area contributed by atoms with E-state index in [1.54, 1.807) is 0 Å². The third-order valence-corrected chi connectivity index (χ3v) is 6.90. The molecule has 120 valence electrons. The van der Waals surface area contributed by atoms with Gasteiger partial charge in [-0.3, -0.25) is 4.79 Å². The maximum atomic E-state index is 12.0. The lowest BCUT2D eigenvalue weighted by Gasteiger charge is -2.24. The lowest BCUT2D eigenvalue weighted by atomic mass is 10.4. The van der Waals surface area contributed by atoms with E-state index in [1.807, 2.05) is 60.7 Å². The molecule has 0 N–H and O–H groups in total. The van der Waals surface area contributed by atoms with Gasteiger partial charge in [-0.15, -0.1) is 0 Å². The van der Waals surface area contributed by atoms with Gasteiger partial charge < -0.3 is 9.47 Å². The number of nitrogens with zero attached hydrogens (tertiary/aromatic N) is 1. The van der Waals surface area contributed by atoms with Gasteiger partial charge in [-0.1, -0.05) is 60.7 Å². The van der Waals surface area contributed by atoms with E-state index >= 15 is 0 Å². The highest BCUT2D eigenvalue weighted by Gasteiger charge is 2.30. The molecule has 0 aromatic heterocycles. The third-order valence-electron chi connectivity index (χ3n) is 3.38. The van der Waals surface area contributed by atoms with Crippen molar-refractivity contribution in [1.82, 2.24) is 0 Å². The summed E-state index contributed by atoms with van der Waals surface area (Å²) in [6.45, 7) is 0. The predicted octanol–water partition coefficient (Wildman–Crippen LogP) is 2.78. The highest BCUT2D eigenvalue weighted by atomic mass is 31.2. The summed E-state index contributed by atoms with van der Waals surface area (Å²) in [7, 11) is -0.0733. The van der Waals surface area contributed by atoms with E-state index in [1.165, 1.54) is 14.2 Å². The number of hydrogen-bond acceptors (Lipinski definition) is 4. The minimum absolute atomic E-state index is 0.00657. The predicted molar refractivity (Wildman–Crippen MR) is 90.8 cm³/mol. The van der Waals surface area contributed by atoms with Crippen molar-refractivity contribution in [2.45, 2.75) is 0 Å². The molecule has 0 atom stereocenters. The van der Waals surface area contributed by atoms with Gasteiger partial charge in [0.2, 0.25) is 0 Å². The van der Waals surface area contributed by atoms with Crippen LogP contribution in [0, 0.1) is 0 Å². The zero-order chi connectivity index (χ0) is 16.7. The van der Waals surface area contributed by atoms with E-state index in [9.17, 15) is 9.59 Å². The van der Waals surface area contributed by atoms with Crippen LogP contribution in [0.25, 0.3) is 0 Å². The largest absolute Gasteiger partial charge is 0.469 e. The van der Waals surface area contributed by atoms with Crippen molar-refractivity contribution in [2.24, 2.45) is 4.74 Å². The summed E-state index contributed by atoms with van der Waals surface area (Å²) in [5.41, 5.74) is 0. The van der Waals surface area contributed by atoms with Gasteiger partial charge in [0.25, 0.3) is 0 Å². The summed E-state index contributed by atoms with van der Waals surface area (Å²) >= 11 is 0. The Morgan fingerprint density at radius 1 is 0.870 bits per heavy atom. The highest BCUT2D eigenvalue weighted by Crippen LogP contribution is 2.47. The zero-order valence-corrected chi connectivity index (χ0v) is 13.9. The average molecular weight is 331 g/mol. The number of methoxy groups -OCH3 is 2. The van der Waals surface area contributed by atoms with Gasteiger partial charge in [-0.25, -0.2) is 4.79 Å². The van der Waals surface area contributed by atoms with Gasteiger partial charge in [0.1, 0.15) is 0 Å². The second-order valence-corrected chi connectivity index (χ2v) is 7.83. The molecule has 0 saturated carbocycles. The molecule has 0 aliphatic rings. The summed E-state index contributed by atoms with van der Waals surface area (Å²) in [6, 6.07) is 18.7. The molecule has 23 heavy (non-hydrogen) atoms. The molecule has 0 saturated heterocycles. The summed E-state index contributed by atoms with van der Waals surface area (Å²) in [6.07, 6.45) is -0.693. The molecule has 0 fully saturated rings. The van der Waals surface area contributed by atoms with Crippen LogP contribution in [0.5, 0.6) is 0 Å². The van der Waals surface area contributed by atoms with Crippen LogP contribution in [-0.4, -0.2) is 32.4 Å². The van der Waals surface area contributed by atoms with Crippen molar-refractivity contribution in [1.29, 1.82) is 0 Å². The SMILES string of the molecule is COC(=O)CP(=NC(=O)OC)(c1ccccc1)c1ccccc1. The molecule has 5 nitrogen and oxygen atoms in total. The van der Waals surface area contributed by atoms with Gasteiger partial charge in [0.15, 0.2) is 0 Å². The fourth-order valence-electron chi connectivity index (χ4n) is 2.26. The quantitative estimate of drug-likeness (QED) is 0.638. The highest BCUT2D eigenvalue weighted by molar-refractivity contribution is 7.81. The number of amides is 1. The number of benzene rings is 2. The Hall–Kier alpha value is -2.39. The fourth-order valence-corrected chi connectivity index (χ4v) is 5.42. The molecule has 0 aliphatic heterocycles. The van der Waals surface area contributed by atoms with Gasteiger partial charge in [-0.05, 0) is 10.6 Å². The number of esters is 1. The Morgan fingerprint density at radius 2 is 1.35 bits per heavy atom. The number of ether oxygens (including phenoxy) is 2. The Labute approximate surface area is 135 Å². The summed E-state index contributed by atoms with van der Waals surface area (Å²) in [4.78, 5) is 24.0. The lowest BCUT2D eigenvalue weighted by Crippen LogP contribution is -2.24. The lowest BCUT2D eigenvalue weighted by molar-refractivity contribution is -0.137. The minimum atomic E-state index is -2.67. The summed E-state index contributed by atoms with van der Waals surface area (Å²) < 4.78 is 13.9. The molecule has 6 heteroatoms. The van der Waals surface area contributed by atoms with Crippen molar-refractivity contribution in [3.05, 3.63) is 60.7 Å². The molecule has 0 bridgehead atoms. The van der Waals surface area contributed by atoms with Crippen LogP contribution in [0.4, 0.5) is 4.79 Å². The van der Waals surface area contributed by atoms with Crippen LogP contribution in [0.2, 0.25) is 0 Å². The second-order valence-electron chi connectivity index (χ2n) is 4.74. The molecule has 0 unspecified atom stereocenters. The van der Waals surface area contributed by atoms with E-state index in [2.05, 4.69) is 4.74 Å². The first-order chi connectivity index (χ1) is 11.1. The van der Waals surface area contributed by atoms with E-state index in [-0.39, 0.29) is 6.16 Å². The van der Waals surface area contributed by atoms with Gasteiger partial charge in [-0.2, -0.15) is 4.74 Å². The van der Waals surface area contributed by atoms with Crippen LogP contribution >= 0.6 is 7.05 Å². The molecule has 2 rings (SSSR count). The minimum Gasteiger partial charge on any atom is -0.469 e. The zero-order valence-electron chi connectivity index (χ0n) is 13.0. The average Bonchev–Trinajstić information content (AvgIpc) is 2.62. The Balaban J connectivity index is 2.76. The second kappa shape index (κ2) is 7.75. The van der Waals surface area contributed by atoms with Crippen molar-refractivity contribution < 1.29 is 19.1 Å². The fraction of sp³-hybridized carbons (Fsp3) is 0.176. The number of carbonyl (C=O) groups is 2. The number of hydrogen-bond donors (Lipinski definition) is 0. The van der Waals surface area contributed by atoms with Crippen LogP contribution in [-0.2, 0) is 14.3 Å². The molecule has 0 aliphatic carbocycles. The van der Waals surface area contributed by atoms with Crippen molar-refractivity contribution >= 4 is 29.7 Å². The maximum Gasteiger partial charge on any atom is 0.432 e. The first-order valence-electron chi connectivity index (χ1n) is 6.99. The molecular formula is C17H18NO4P. The summed E-state index contributed by atoms with van der Waals surface area (Å²) in [5, 5.41) is 1.64. The molecule has 0 heterocycles. The number of carbonyl (C=O) groups excluding carboxylic acids is 2. The van der Waals surface area contributed by atoms with Gasteiger partial charge >= 0.3 is 12.1 Å². The standard InChI is InChI=1S/C17H18NO4P/c1-21-16(19)13-23(18-17(20)22-2,14-9-5-3-6-10-14)15-11-7-4-8-12-15/h3-12H,13H2,1-2H3. The topological polar surface area (TPSA) is 65.0 Å². The van der Waals surface area contributed by atoms with Crippen molar-refractivity contribution in [3.63, 3.8) is 0 Å². The first kappa shape index (κ1) is 17.0. The van der Waals surface area contributed by atoms with Crippen LogP contribution in [0.1, 0.15) is 0 Å². The van der Waals surface area contributed by atoms with E-state index in [0.29, 0.717) is 0 Å². The van der Waals surface area contributed by atoms with Crippen molar-refractivity contribution in [2.75, 3.05) is 20.4 Å². The molecule has 2 aromatic rings. The molecule has 0 spiro atoms. The summed E-state index contributed by atoms with van der Waals surface area (Å²) in [5.74, 6) is -0.418. The normalized spacial score (nSPS) is 10.7. The third kappa shape index (κ3) is 3.88. The van der Waals surface area contributed by atoms with E-state index in [0.717, 1.165) is 10.6 Å². The monoisotopic (exact) mass is 331 g/mol. The van der Waals surface area contributed by atoms with Gasteiger partial charge in [0, 0.05) is 0 Å². The molecule has 1 amide bonds. The van der Waals surface area contributed by atoms with E-state index < -0.39 is 19.1 Å².